The van der Waals surface area contributed by atoms with Crippen LogP contribution >= 0.6 is 34.8 Å². The lowest BCUT2D eigenvalue weighted by Gasteiger charge is -2.06. The number of nitrogens with zero attached hydrogens (tertiary/aromatic N) is 2. The van der Waals surface area contributed by atoms with Crippen molar-refractivity contribution in [3.63, 3.8) is 0 Å². The van der Waals surface area contributed by atoms with Gasteiger partial charge in [-0.05, 0) is 36.4 Å². The molecule has 0 fully saturated rings. The average Bonchev–Trinajstić information content (AvgIpc) is 3.12. The van der Waals surface area contributed by atoms with E-state index in [1.54, 1.807) is 36.4 Å². The van der Waals surface area contributed by atoms with Crippen molar-refractivity contribution in [1.29, 1.82) is 0 Å². The SMILES string of the molecule is O=C(Nc1ccc2oc(-c3cccc(Cl)c3Cl)nc2c1)c1ccc([N+](=O)[O-])cc1Cl. The lowest BCUT2D eigenvalue weighted by atomic mass is 10.2. The molecule has 0 radical (unpaired) electrons. The molecule has 1 N–H and O–H groups in total. The Kier molecular flexibility index (Phi) is 5.34. The number of rotatable bonds is 4. The largest absolute Gasteiger partial charge is 0.436 e. The zero-order chi connectivity index (χ0) is 21.4. The van der Waals surface area contributed by atoms with Crippen LogP contribution in [0.1, 0.15) is 10.4 Å². The molecule has 3 aromatic carbocycles. The van der Waals surface area contributed by atoms with Gasteiger partial charge >= 0.3 is 0 Å². The molecule has 150 valence electrons. The quantitative estimate of drug-likeness (QED) is 0.271. The van der Waals surface area contributed by atoms with E-state index in [1.807, 2.05) is 0 Å². The summed E-state index contributed by atoms with van der Waals surface area (Å²) in [4.78, 5) is 27.2. The number of carbonyl (C=O) groups is 1. The summed E-state index contributed by atoms with van der Waals surface area (Å²) in [6.07, 6.45) is 0. The molecule has 1 amide bonds. The molecular formula is C20H10Cl3N3O4. The van der Waals surface area contributed by atoms with Gasteiger partial charge in [0.15, 0.2) is 5.58 Å². The highest BCUT2D eigenvalue weighted by Gasteiger charge is 2.17. The third-order valence-electron chi connectivity index (χ3n) is 4.24. The van der Waals surface area contributed by atoms with E-state index in [2.05, 4.69) is 10.3 Å². The van der Waals surface area contributed by atoms with E-state index in [1.165, 1.54) is 12.1 Å². The Labute approximate surface area is 184 Å². The molecule has 7 nitrogen and oxygen atoms in total. The van der Waals surface area contributed by atoms with E-state index in [9.17, 15) is 14.9 Å². The van der Waals surface area contributed by atoms with Crippen LogP contribution in [0.2, 0.25) is 15.1 Å². The Morgan fingerprint density at radius 1 is 1.03 bits per heavy atom. The number of fused-ring (bicyclic) bond motifs is 1. The number of carbonyl (C=O) groups excluding carboxylic acids is 1. The highest BCUT2D eigenvalue weighted by molar-refractivity contribution is 6.43. The van der Waals surface area contributed by atoms with E-state index < -0.39 is 10.8 Å². The first kappa shape index (κ1) is 20.2. The van der Waals surface area contributed by atoms with E-state index in [0.29, 0.717) is 38.3 Å². The number of oxazole rings is 1. The van der Waals surface area contributed by atoms with Crippen LogP contribution in [0.3, 0.4) is 0 Å². The second kappa shape index (κ2) is 7.95. The predicted octanol–water partition coefficient (Wildman–Crippen LogP) is 6.62. The van der Waals surface area contributed by atoms with Gasteiger partial charge in [0.2, 0.25) is 5.89 Å². The van der Waals surface area contributed by atoms with Crippen LogP contribution in [-0.2, 0) is 0 Å². The summed E-state index contributed by atoms with van der Waals surface area (Å²) in [7, 11) is 0. The molecule has 30 heavy (non-hydrogen) atoms. The van der Waals surface area contributed by atoms with Gasteiger partial charge in [0.1, 0.15) is 5.52 Å². The summed E-state index contributed by atoms with van der Waals surface area (Å²) in [6, 6.07) is 13.7. The predicted molar refractivity (Wildman–Crippen MR) is 116 cm³/mol. The van der Waals surface area contributed by atoms with Crippen molar-refractivity contribution in [2.45, 2.75) is 0 Å². The van der Waals surface area contributed by atoms with Gasteiger partial charge in [0.25, 0.3) is 11.6 Å². The van der Waals surface area contributed by atoms with Crippen LogP contribution in [0.5, 0.6) is 0 Å². The molecule has 0 saturated heterocycles. The van der Waals surface area contributed by atoms with Gasteiger partial charge < -0.3 is 9.73 Å². The maximum atomic E-state index is 12.5. The van der Waals surface area contributed by atoms with Crippen molar-refractivity contribution < 1.29 is 14.1 Å². The normalized spacial score (nSPS) is 10.9. The molecule has 0 unspecified atom stereocenters. The molecule has 0 aliphatic carbocycles. The third-order valence-corrected chi connectivity index (χ3v) is 5.37. The lowest BCUT2D eigenvalue weighted by Crippen LogP contribution is -2.12. The first-order valence-corrected chi connectivity index (χ1v) is 9.57. The molecule has 4 aromatic rings. The van der Waals surface area contributed by atoms with Gasteiger partial charge in [-0.1, -0.05) is 40.9 Å². The molecular weight excluding hydrogens is 453 g/mol. The van der Waals surface area contributed by atoms with E-state index in [0.717, 1.165) is 6.07 Å². The van der Waals surface area contributed by atoms with Gasteiger partial charge in [-0.15, -0.1) is 0 Å². The van der Waals surface area contributed by atoms with E-state index in [4.69, 9.17) is 39.2 Å². The number of hydrogen-bond donors (Lipinski definition) is 1. The minimum absolute atomic E-state index is 0.0258. The monoisotopic (exact) mass is 461 g/mol. The highest BCUT2D eigenvalue weighted by atomic mass is 35.5. The van der Waals surface area contributed by atoms with Gasteiger partial charge in [-0.25, -0.2) is 4.98 Å². The lowest BCUT2D eigenvalue weighted by molar-refractivity contribution is -0.384. The van der Waals surface area contributed by atoms with Crippen LogP contribution in [0.4, 0.5) is 11.4 Å². The van der Waals surface area contributed by atoms with Crippen LogP contribution in [0.25, 0.3) is 22.6 Å². The van der Waals surface area contributed by atoms with Gasteiger partial charge in [0, 0.05) is 17.8 Å². The zero-order valence-electron chi connectivity index (χ0n) is 14.9. The van der Waals surface area contributed by atoms with Crippen LogP contribution < -0.4 is 5.32 Å². The summed E-state index contributed by atoms with van der Waals surface area (Å²) < 4.78 is 5.74. The van der Waals surface area contributed by atoms with Crippen molar-refractivity contribution in [2.75, 3.05) is 5.32 Å². The average molecular weight is 463 g/mol. The number of amides is 1. The Bertz CT molecular complexity index is 1320. The molecule has 0 bridgehead atoms. The standard InChI is InChI=1S/C20H10Cl3N3O4/c21-14-3-1-2-13(18(14)23)20-25-16-8-10(4-7-17(16)30-20)24-19(27)12-6-5-11(26(28)29)9-15(12)22/h1-9H,(H,24,27). The molecule has 0 atom stereocenters. The number of halogens is 3. The zero-order valence-corrected chi connectivity index (χ0v) is 17.1. The van der Waals surface area contributed by atoms with Crippen LogP contribution in [0.15, 0.2) is 59.0 Å². The molecule has 0 saturated carbocycles. The summed E-state index contributed by atoms with van der Waals surface area (Å²) in [6.45, 7) is 0. The third kappa shape index (κ3) is 3.82. The second-order valence-corrected chi connectivity index (χ2v) is 7.37. The van der Waals surface area contributed by atoms with Crippen LogP contribution in [-0.4, -0.2) is 15.8 Å². The molecule has 0 spiro atoms. The number of benzene rings is 3. The molecule has 10 heteroatoms. The van der Waals surface area contributed by atoms with E-state index in [-0.39, 0.29) is 16.3 Å². The smallest absolute Gasteiger partial charge is 0.270 e. The summed E-state index contributed by atoms with van der Waals surface area (Å²) in [5.41, 5.74) is 1.88. The molecule has 1 heterocycles. The molecule has 0 aliphatic rings. The van der Waals surface area contributed by atoms with Crippen molar-refractivity contribution in [1.82, 2.24) is 4.98 Å². The fourth-order valence-electron chi connectivity index (χ4n) is 2.79. The number of nitro benzene ring substituents is 1. The van der Waals surface area contributed by atoms with Crippen molar-refractivity contribution in [3.8, 4) is 11.5 Å². The Hall–Kier alpha value is -3.13. The minimum atomic E-state index is -0.587. The Morgan fingerprint density at radius 3 is 2.57 bits per heavy atom. The first-order valence-electron chi connectivity index (χ1n) is 8.44. The maximum absolute atomic E-state index is 12.5. The fraction of sp³-hybridized carbons (Fsp3) is 0. The number of nitro groups is 1. The highest BCUT2D eigenvalue weighted by Crippen LogP contribution is 2.35. The summed E-state index contributed by atoms with van der Waals surface area (Å²) >= 11 is 18.3. The van der Waals surface area contributed by atoms with Crippen molar-refractivity contribution >= 4 is 63.2 Å². The minimum Gasteiger partial charge on any atom is -0.436 e. The number of anilines is 1. The maximum Gasteiger partial charge on any atom is 0.270 e. The first-order chi connectivity index (χ1) is 14.3. The topological polar surface area (TPSA) is 98.3 Å². The fourth-order valence-corrected chi connectivity index (χ4v) is 3.43. The Balaban J connectivity index is 1.62. The number of hydrogen-bond acceptors (Lipinski definition) is 5. The number of non-ortho nitro benzene ring substituents is 1. The van der Waals surface area contributed by atoms with Gasteiger partial charge in [-0.2, -0.15) is 0 Å². The Morgan fingerprint density at radius 2 is 1.83 bits per heavy atom. The van der Waals surface area contributed by atoms with Crippen molar-refractivity contribution in [2.24, 2.45) is 0 Å². The van der Waals surface area contributed by atoms with Crippen LogP contribution in [0, 0.1) is 10.1 Å². The van der Waals surface area contributed by atoms with Gasteiger partial charge in [0.05, 0.1) is 31.1 Å². The van der Waals surface area contributed by atoms with Crippen molar-refractivity contribution in [3.05, 3.63) is 85.3 Å². The molecule has 4 rings (SSSR count). The second-order valence-electron chi connectivity index (χ2n) is 6.18. The molecule has 1 aromatic heterocycles. The summed E-state index contributed by atoms with van der Waals surface area (Å²) in [5, 5.41) is 14.2. The van der Waals surface area contributed by atoms with Gasteiger partial charge in [-0.3, -0.25) is 14.9 Å². The summed E-state index contributed by atoms with van der Waals surface area (Å²) in [5.74, 6) is -0.227. The molecule has 0 aliphatic heterocycles. The number of nitrogens with one attached hydrogen (secondary N) is 1. The van der Waals surface area contributed by atoms with E-state index >= 15 is 0 Å². The number of aromatic nitrogens is 1.